The number of carbonyl (C=O) groups excluding carboxylic acids is 1. The van der Waals surface area contributed by atoms with Crippen LogP contribution in [0.25, 0.3) is 0 Å². The molecule has 4 saturated carbocycles. The quantitative estimate of drug-likeness (QED) is 0.712. The third-order valence-corrected chi connectivity index (χ3v) is 9.57. The van der Waals surface area contributed by atoms with E-state index in [4.69, 9.17) is 4.84 Å². The average molecular weight is 389 g/mol. The normalized spacial score (nSPS) is 52.2. The van der Waals surface area contributed by atoms with E-state index in [1.807, 2.05) is 0 Å². The van der Waals surface area contributed by atoms with Crippen molar-refractivity contribution in [1.29, 1.82) is 0 Å². The SMILES string of the molecule is C[C@]12CC/C(=N/O[C@H]3CCNC3)C[C@@H]1[C@@H](O)C[C@@H]1[C@@H]2CC[C@]2(C)C(=O)CC[C@@H]12. The summed E-state index contributed by atoms with van der Waals surface area (Å²) in [6.07, 6.45) is 8.80. The van der Waals surface area contributed by atoms with Crippen LogP contribution in [-0.4, -0.2) is 41.9 Å². The van der Waals surface area contributed by atoms with Crippen molar-refractivity contribution in [2.24, 2.45) is 39.7 Å². The molecule has 5 nitrogen and oxygen atoms in total. The molecule has 28 heavy (non-hydrogen) atoms. The first-order chi connectivity index (χ1) is 13.4. The molecular formula is C23H36N2O3. The molecule has 1 aliphatic heterocycles. The van der Waals surface area contributed by atoms with E-state index in [1.165, 1.54) is 0 Å². The summed E-state index contributed by atoms with van der Waals surface area (Å²) in [6, 6.07) is 0. The van der Waals surface area contributed by atoms with Crippen LogP contribution in [0.15, 0.2) is 5.16 Å². The summed E-state index contributed by atoms with van der Waals surface area (Å²) >= 11 is 0. The van der Waals surface area contributed by atoms with Gasteiger partial charge in [0.05, 0.1) is 11.8 Å². The highest BCUT2D eigenvalue weighted by Crippen LogP contribution is 2.65. The van der Waals surface area contributed by atoms with Crippen LogP contribution in [0.4, 0.5) is 0 Å². The molecule has 0 aromatic carbocycles. The molecule has 156 valence electrons. The largest absolute Gasteiger partial charge is 0.393 e. The van der Waals surface area contributed by atoms with Gasteiger partial charge in [-0.3, -0.25) is 4.79 Å². The predicted octanol–water partition coefficient (Wildman–Crippen LogP) is 3.30. The van der Waals surface area contributed by atoms with Gasteiger partial charge in [0.25, 0.3) is 0 Å². The highest BCUT2D eigenvalue weighted by molar-refractivity contribution is 5.87. The molecule has 8 atom stereocenters. The van der Waals surface area contributed by atoms with E-state index in [9.17, 15) is 9.90 Å². The Morgan fingerprint density at radius 2 is 1.96 bits per heavy atom. The monoisotopic (exact) mass is 388 g/mol. The second-order valence-corrected chi connectivity index (χ2v) is 10.8. The fourth-order valence-corrected chi connectivity index (χ4v) is 7.82. The highest BCUT2D eigenvalue weighted by Gasteiger charge is 2.61. The van der Waals surface area contributed by atoms with E-state index >= 15 is 0 Å². The molecule has 5 aliphatic rings. The number of nitrogens with zero attached hydrogens (tertiary/aromatic N) is 1. The average Bonchev–Trinajstić information content (AvgIpc) is 3.29. The van der Waals surface area contributed by atoms with Crippen LogP contribution in [0, 0.1) is 34.5 Å². The van der Waals surface area contributed by atoms with Gasteiger partial charge in [-0.25, -0.2) is 0 Å². The lowest BCUT2D eigenvalue weighted by atomic mass is 9.44. The summed E-state index contributed by atoms with van der Waals surface area (Å²) in [5.41, 5.74) is 1.20. The number of nitrogens with one attached hydrogen (secondary N) is 1. The first-order valence-electron chi connectivity index (χ1n) is 11.6. The van der Waals surface area contributed by atoms with Gasteiger partial charge in [-0.1, -0.05) is 19.0 Å². The maximum Gasteiger partial charge on any atom is 0.141 e. The summed E-state index contributed by atoms with van der Waals surface area (Å²) in [5.74, 6) is 2.41. The fraction of sp³-hybridized carbons (Fsp3) is 0.913. The van der Waals surface area contributed by atoms with Crippen LogP contribution in [-0.2, 0) is 9.63 Å². The number of aliphatic hydroxyl groups is 1. The zero-order chi connectivity index (χ0) is 19.5. The summed E-state index contributed by atoms with van der Waals surface area (Å²) < 4.78 is 0. The van der Waals surface area contributed by atoms with Crippen LogP contribution < -0.4 is 5.32 Å². The number of fused-ring (bicyclic) bond motifs is 5. The van der Waals surface area contributed by atoms with E-state index in [0.717, 1.165) is 76.6 Å². The minimum atomic E-state index is -0.275. The number of hydrogen-bond acceptors (Lipinski definition) is 5. The molecule has 5 rings (SSSR count). The van der Waals surface area contributed by atoms with Gasteiger partial charge >= 0.3 is 0 Å². The van der Waals surface area contributed by atoms with Crippen molar-refractivity contribution in [2.75, 3.05) is 13.1 Å². The minimum absolute atomic E-state index is 0.117. The Hall–Kier alpha value is -0.940. The third kappa shape index (κ3) is 2.79. The molecule has 4 aliphatic carbocycles. The molecule has 1 saturated heterocycles. The van der Waals surface area contributed by atoms with Gasteiger partial charge in [-0.2, -0.15) is 0 Å². The Labute approximate surface area is 168 Å². The van der Waals surface area contributed by atoms with Crippen LogP contribution in [0.3, 0.4) is 0 Å². The standard InChI is InChI=1S/C23H36N2O3/c1-22-8-5-14(25-28-15-7-10-24-13-15)11-19(22)20(26)12-16-17-3-4-21(27)23(17,2)9-6-18(16)22/h15-20,24,26H,3-13H2,1-2H3/b25-14-/t15-,16-,17-,18-,19+,20-,22+,23-/m0/s1. The van der Waals surface area contributed by atoms with E-state index in [1.54, 1.807) is 0 Å². The first-order valence-corrected chi connectivity index (χ1v) is 11.6. The number of aliphatic hydroxyl groups excluding tert-OH is 1. The van der Waals surface area contributed by atoms with Crippen LogP contribution in [0.5, 0.6) is 0 Å². The Morgan fingerprint density at radius 1 is 1.11 bits per heavy atom. The molecule has 2 N–H and O–H groups in total. The van der Waals surface area contributed by atoms with Gasteiger partial charge in [-0.15, -0.1) is 0 Å². The maximum absolute atomic E-state index is 12.6. The minimum Gasteiger partial charge on any atom is -0.393 e. The van der Waals surface area contributed by atoms with Gasteiger partial charge in [0, 0.05) is 24.8 Å². The molecule has 5 heteroatoms. The van der Waals surface area contributed by atoms with Crippen molar-refractivity contribution >= 4 is 11.5 Å². The molecule has 0 spiro atoms. The Balaban J connectivity index is 1.34. The second-order valence-electron chi connectivity index (χ2n) is 10.8. The van der Waals surface area contributed by atoms with Gasteiger partial charge < -0.3 is 15.3 Å². The molecule has 0 bridgehead atoms. The smallest absolute Gasteiger partial charge is 0.141 e. The number of carbonyl (C=O) groups is 1. The Bertz CT molecular complexity index is 673. The number of rotatable bonds is 2. The van der Waals surface area contributed by atoms with Gasteiger partial charge in [0.1, 0.15) is 11.9 Å². The van der Waals surface area contributed by atoms with Gasteiger partial charge in [0.15, 0.2) is 0 Å². The summed E-state index contributed by atoms with van der Waals surface area (Å²) in [5, 5.41) is 19.0. The van der Waals surface area contributed by atoms with E-state index < -0.39 is 0 Å². The van der Waals surface area contributed by atoms with Crippen molar-refractivity contribution in [3.05, 3.63) is 0 Å². The predicted molar refractivity (Wildman–Crippen MR) is 108 cm³/mol. The number of oxime groups is 1. The Morgan fingerprint density at radius 3 is 2.75 bits per heavy atom. The van der Waals surface area contributed by atoms with Gasteiger partial charge in [-0.05, 0) is 80.6 Å². The summed E-state index contributed by atoms with van der Waals surface area (Å²) in [6.45, 7) is 6.55. The van der Waals surface area contributed by atoms with Crippen LogP contribution in [0.2, 0.25) is 0 Å². The number of ketones is 1. The zero-order valence-corrected chi connectivity index (χ0v) is 17.5. The van der Waals surface area contributed by atoms with E-state index in [-0.39, 0.29) is 29.0 Å². The van der Waals surface area contributed by atoms with Gasteiger partial charge in [0.2, 0.25) is 0 Å². The lowest BCUT2D eigenvalue weighted by Gasteiger charge is -2.60. The lowest BCUT2D eigenvalue weighted by molar-refractivity contribution is -0.153. The van der Waals surface area contributed by atoms with Crippen LogP contribution in [0.1, 0.15) is 71.6 Å². The molecular weight excluding hydrogens is 352 g/mol. The first kappa shape index (κ1) is 19.0. The number of Topliss-reactive ketones (excluding diaryl/α,β-unsaturated/α-hetero) is 1. The third-order valence-electron chi connectivity index (χ3n) is 9.57. The van der Waals surface area contributed by atoms with Crippen molar-refractivity contribution in [3.63, 3.8) is 0 Å². The molecule has 0 aromatic rings. The zero-order valence-electron chi connectivity index (χ0n) is 17.5. The topological polar surface area (TPSA) is 70.9 Å². The molecule has 1 heterocycles. The maximum atomic E-state index is 12.6. The highest BCUT2D eigenvalue weighted by atomic mass is 16.6. The van der Waals surface area contributed by atoms with Crippen molar-refractivity contribution in [3.8, 4) is 0 Å². The molecule has 0 amide bonds. The molecule has 0 aromatic heterocycles. The Kier molecular flexibility index (Phi) is 4.63. The van der Waals surface area contributed by atoms with Crippen LogP contribution >= 0.6 is 0 Å². The number of hydrogen-bond donors (Lipinski definition) is 2. The summed E-state index contributed by atoms with van der Waals surface area (Å²) in [4.78, 5) is 18.4. The van der Waals surface area contributed by atoms with Crippen molar-refractivity contribution in [2.45, 2.75) is 83.8 Å². The fourth-order valence-electron chi connectivity index (χ4n) is 7.82. The van der Waals surface area contributed by atoms with Crippen molar-refractivity contribution in [1.82, 2.24) is 5.32 Å². The summed E-state index contributed by atoms with van der Waals surface area (Å²) in [7, 11) is 0. The van der Waals surface area contributed by atoms with Crippen molar-refractivity contribution < 1.29 is 14.7 Å². The van der Waals surface area contributed by atoms with E-state index in [0.29, 0.717) is 23.5 Å². The molecule has 0 radical (unpaired) electrons. The second kappa shape index (κ2) is 6.80. The van der Waals surface area contributed by atoms with E-state index in [2.05, 4.69) is 24.3 Å². The molecule has 5 fully saturated rings. The molecule has 0 unspecified atom stereocenters. The lowest BCUT2D eigenvalue weighted by Crippen LogP contribution is -2.57.